The van der Waals surface area contributed by atoms with E-state index in [1.54, 1.807) is 27.2 Å². The highest BCUT2D eigenvalue weighted by molar-refractivity contribution is 6.39. The predicted octanol–water partition coefficient (Wildman–Crippen LogP) is 6.01. The van der Waals surface area contributed by atoms with Gasteiger partial charge in [-0.05, 0) is 17.7 Å². The van der Waals surface area contributed by atoms with Gasteiger partial charge in [-0.25, -0.2) is 9.97 Å². The Morgan fingerprint density at radius 2 is 1.38 bits per heavy atom. The van der Waals surface area contributed by atoms with Gasteiger partial charge in [0.15, 0.2) is 0 Å². The van der Waals surface area contributed by atoms with Gasteiger partial charge >= 0.3 is 0 Å². The lowest BCUT2D eigenvalue weighted by Gasteiger charge is -2.60. The number of aromatic nitrogens is 4. The molecule has 8 rings (SSSR count). The van der Waals surface area contributed by atoms with Gasteiger partial charge in [-0.1, -0.05) is 59.6 Å². The number of rotatable bonds is 8. The number of hydrogen-bond donors (Lipinski definition) is 0. The van der Waals surface area contributed by atoms with E-state index in [4.69, 9.17) is 42.9 Å². The Bertz CT molecular complexity index is 2240. The fraction of sp³-hybridized carbons (Fsp3) is 0.375. The summed E-state index contributed by atoms with van der Waals surface area (Å²) in [4.78, 5) is 46.6. The molecule has 0 aliphatic carbocycles. The molecular weight excluding hydrogens is 711 g/mol. The molecule has 3 fully saturated rings. The highest BCUT2D eigenvalue weighted by Gasteiger charge is 2.52. The van der Waals surface area contributed by atoms with Crippen LogP contribution in [0.2, 0.25) is 10.0 Å². The smallest absolute Gasteiger partial charge is 0.237 e. The third kappa shape index (κ3) is 6.65. The molecule has 6 heterocycles. The molecule has 0 bridgehead atoms. The van der Waals surface area contributed by atoms with Crippen molar-refractivity contribution in [1.82, 2.24) is 39.1 Å². The van der Waals surface area contributed by atoms with E-state index >= 15 is 0 Å². The van der Waals surface area contributed by atoms with Crippen LogP contribution in [0.25, 0.3) is 44.7 Å². The Morgan fingerprint density at radius 3 is 2.00 bits per heavy atom. The van der Waals surface area contributed by atoms with Gasteiger partial charge in [-0.3, -0.25) is 24.4 Å². The predicted molar refractivity (Wildman–Crippen MR) is 207 cm³/mol. The lowest BCUT2D eigenvalue weighted by atomic mass is 9.72. The minimum absolute atomic E-state index is 0.100. The number of amides is 2. The Labute approximate surface area is 319 Å². The fourth-order valence-electron chi connectivity index (χ4n) is 8.16. The first kappa shape index (κ1) is 35.5. The molecule has 0 radical (unpaired) electrons. The lowest BCUT2D eigenvalue weighted by molar-refractivity contribution is -0.157. The van der Waals surface area contributed by atoms with Crippen LogP contribution in [0.3, 0.4) is 0 Å². The Kier molecular flexibility index (Phi) is 9.39. The van der Waals surface area contributed by atoms with E-state index in [1.165, 1.54) is 5.56 Å². The molecule has 0 atom stereocenters. The van der Waals surface area contributed by atoms with Crippen LogP contribution in [-0.2, 0) is 29.7 Å². The maximum atomic E-state index is 11.7. The number of nitrogens with zero attached hydrogens (tertiary/aromatic N) is 8. The molecule has 3 aliphatic rings. The van der Waals surface area contributed by atoms with Gasteiger partial charge in [-0.2, -0.15) is 0 Å². The molecule has 0 N–H and O–H groups in total. The number of methoxy groups -OCH3 is 1. The van der Waals surface area contributed by atoms with Crippen molar-refractivity contribution in [1.29, 1.82) is 0 Å². The van der Waals surface area contributed by atoms with Crippen molar-refractivity contribution < 1.29 is 14.3 Å². The number of benzene rings is 2. The van der Waals surface area contributed by atoms with Crippen LogP contribution in [0, 0.1) is 5.41 Å². The molecule has 3 saturated heterocycles. The zero-order valence-corrected chi connectivity index (χ0v) is 31.9. The summed E-state index contributed by atoms with van der Waals surface area (Å²) in [5.41, 5.74) is 7.61. The molecule has 3 aliphatic heterocycles. The number of piperazine rings is 1. The first-order valence-electron chi connectivity index (χ1n) is 17.9. The largest absolute Gasteiger partial charge is 0.480 e. The highest BCUT2D eigenvalue weighted by Crippen LogP contribution is 2.43. The molecule has 2 aromatic carbocycles. The molecule has 2 amide bonds. The molecular formula is C40H42Cl2N8O3. The van der Waals surface area contributed by atoms with E-state index in [2.05, 4.69) is 26.6 Å². The molecule has 11 nitrogen and oxygen atoms in total. The summed E-state index contributed by atoms with van der Waals surface area (Å²) in [6.45, 7) is 11.3. The normalized spacial score (nSPS) is 17.2. The van der Waals surface area contributed by atoms with Crippen molar-refractivity contribution in [2.75, 3.05) is 59.5 Å². The Morgan fingerprint density at radius 1 is 0.755 bits per heavy atom. The van der Waals surface area contributed by atoms with Gasteiger partial charge in [0.2, 0.25) is 17.7 Å². The minimum Gasteiger partial charge on any atom is -0.480 e. The first-order valence-corrected chi connectivity index (χ1v) is 18.7. The quantitative estimate of drug-likeness (QED) is 0.190. The zero-order chi connectivity index (χ0) is 37.0. The first-order chi connectivity index (χ1) is 25.5. The molecule has 0 saturated carbocycles. The molecule has 53 heavy (non-hydrogen) atoms. The monoisotopic (exact) mass is 752 g/mol. The van der Waals surface area contributed by atoms with Crippen LogP contribution in [-0.4, -0.2) is 110 Å². The molecule has 3 aromatic heterocycles. The highest BCUT2D eigenvalue weighted by atomic mass is 35.5. The second kappa shape index (κ2) is 14.0. The number of pyridine rings is 1. The molecule has 1 spiro atoms. The summed E-state index contributed by atoms with van der Waals surface area (Å²) >= 11 is 14.3. The summed E-state index contributed by atoms with van der Waals surface area (Å²) in [6.07, 6.45) is 3.90. The number of aryl methyl sites for hydroxylation is 1. The summed E-state index contributed by atoms with van der Waals surface area (Å²) in [5.74, 6) is 0.707. The summed E-state index contributed by atoms with van der Waals surface area (Å²) in [6, 6.07) is 15.9. The molecule has 13 heteroatoms. The summed E-state index contributed by atoms with van der Waals surface area (Å²) in [7, 11) is 3.62. The van der Waals surface area contributed by atoms with Gasteiger partial charge in [0, 0.05) is 126 Å². The van der Waals surface area contributed by atoms with E-state index in [9.17, 15) is 9.59 Å². The minimum atomic E-state index is 0.100. The maximum absolute atomic E-state index is 11.7. The number of carbonyl (C=O) groups is 2. The number of hydrogen-bond acceptors (Lipinski definition) is 8. The maximum Gasteiger partial charge on any atom is 0.237 e. The van der Waals surface area contributed by atoms with E-state index in [0.29, 0.717) is 41.3 Å². The van der Waals surface area contributed by atoms with Gasteiger partial charge in [-0.15, -0.1) is 0 Å². The van der Waals surface area contributed by atoms with Gasteiger partial charge in [0.1, 0.15) is 11.3 Å². The van der Waals surface area contributed by atoms with E-state index in [1.807, 2.05) is 59.3 Å². The van der Waals surface area contributed by atoms with Crippen LogP contribution in [0.5, 0.6) is 5.88 Å². The second-order valence-corrected chi connectivity index (χ2v) is 15.4. The van der Waals surface area contributed by atoms with Crippen molar-refractivity contribution in [3.8, 4) is 39.5 Å². The lowest BCUT2D eigenvalue weighted by Crippen LogP contribution is -2.72. The van der Waals surface area contributed by atoms with Crippen molar-refractivity contribution in [2.45, 2.75) is 26.9 Å². The number of fused-ring (bicyclic) bond motifs is 1. The van der Waals surface area contributed by atoms with Crippen molar-refractivity contribution in [3.63, 3.8) is 0 Å². The van der Waals surface area contributed by atoms with Gasteiger partial charge in [0.25, 0.3) is 0 Å². The molecule has 0 unspecified atom stereocenters. The summed E-state index contributed by atoms with van der Waals surface area (Å²) in [5, 5.41) is 2.19. The van der Waals surface area contributed by atoms with Crippen LogP contribution in [0.4, 0.5) is 0 Å². The molecule has 274 valence electrons. The summed E-state index contributed by atoms with van der Waals surface area (Å²) < 4.78 is 7.77. The number of ether oxygens (including phenoxy) is 1. The Hall–Kier alpha value is -4.55. The second-order valence-electron chi connectivity index (χ2n) is 14.7. The van der Waals surface area contributed by atoms with Gasteiger partial charge in [0.05, 0.1) is 34.7 Å². The number of likely N-dealkylation sites (tertiary alicyclic amines) is 2. The SMILES string of the molecule is COc1nc(-c2cccc(-c3cccc(-c4ccc5c(CN6CC7(C6)CN(C(C)=O)C7)cn(C)c5n4)c3Cl)c2Cl)cnc1CN1CCN(C(C)=O)CC1. The zero-order valence-electron chi connectivity index (χ0n) is 30.4. The third-order valence-electron chi connectivity index (χ3n) is 10.9. The van der Waals surface area contributed by atoms with E-state index < -0.39 is 0 Å². The van der Waals surface area contributed by atoms with Crippen molar-refractivity contribution >= 4 is 46.0 Å². The van der Waals surface area contributed by atoms with Crippen LogP contribution in [0.1, 0.15) is 25.1 Å². The van der Waals surface area contributed by atoms with Crippen LogP contribution in [0.15, 0.2) is 60.9 Å². The van der Waals surface area contributed by atoms with E-state index in [-0.39, 0.29) is 17.2 Å². The topological polar surface area (TPSA) is 99.9 Å². The van der Waals surface area contributed by atoms with Crippen molar-refractivity contribution in [3.05, 3.63) is 82.2 Å². The Balaban J connectivity index is 1.02. The van der Waals surface area contributed by atoms with Gasteiger partial charge < -0.3 is 19.1 Å². The van der Waals surface area contributed by atoms with E-state index in [0.717, 1.165) is 90.5 Å². The van der Waals surface area contributed by atoms with Crippen molar-refractivity contribution in [2.24, 2.45) is 12.5 Å². The number of halogens is 2. The average Bonchev–Trinajstić information content (AvgIpc) is 3.43. The fourth-order valence-corrected chi connectivity index (χ4v) is 8.81. The molecule has 5 aromatic rings. The van der Waals surface area contributed by atoms with Crippen LogP contribution >= 0.6 is 23.2 Å². The number of carbonyl (C=O) groups excluding carboxylic acids is 2. The van der Waals surface area contributed by atoms with Crippen LogP contribution < -0.4 is 4.74 Å². The average molecular weight is 754 g/mol. The standard InChI is InChI=1S/C40H42Cl2N8O3/c1-25(51)49-15-13-47(14-16-49)20-35-39(53-4)45-34(17-43-35)32-10-6-8-30(37(32)42)29-7-5-9-31(36(29)41)33-12-11-28-27(18-46(3)38(28)44-33)19-48-21-40(22-48)23-50(24-40)26(2)52/h5-12,17-18H,13-16,19-24H2,1-4H3. The third-order valence-corrected chi connectivity index (χ3v) is 11.8.